The Morgan fingerprint density at radius 3 is 2.58 bits per heavy atom. The second-order valence-corrected chi connectivity index (χ2v) is 7.71. The molecule has 0 saturated carbocycles. The lowest BCUT2D eigenvalue weighted by atomic mass is 10.1. The molecule has 0 atom stereocenters. The number of urea groups is 1. The van der Waals surface area contributed by atoms with Crippen molar-refractivity contribution in [2.75, 3.05) is 18.5 Å². The van der Waals surface area contributed by atoms with E-state index in [-0.39, 0.29) is 18.0 Å². The van der Waals surface area contributed by atoms with Crippen molar-refractivity contribution >= 4 is 28.5 Å². The number of aromatic nitrogens is 1. The summed E-state index contributed by atoms with van der Waals surface area (Å²) < 4.78 is 5.73. The van der Waals surface area contributed by atoms with Crippen molar-refractivity contribution in [1.29, 1.82) is 0 Å². The summed E-state index contributed by atoms with van der Waals surface area (Å²) in [5, 5.41) is 9.56. The first kappa shape index (κ1) is 22.2. The molecular formula is C24H30N4O3. The number of anilines is 1. The molecule has 7 heteroatoms. The van der Waals surface area contributed by atoms with E-state index in [9.17, 15) is 9.59 Å². The maximum atomic E-state index is 12.4. The fourth-order valence-corrected chi connectivity index (χ4v) is 3.22. The molecular weight excluding hydrogens is 392 g/mol. The molecule has 0 aliphatic carbocycles. The lowest BCUT2D eigenvalue weighted by molar-refractivity contribution is 0.0954. The van der Waals surface area contributed by atoms with E-state index in [1.54, 1.807) is 24.3 Å². The number of aromatic amines is 1. The molecule has 7 nitrogen and oxygen atoms in total. The summed E-state index contributed by atoms with van der Waals surface area (Å²) in [5.41, 5.74) is 3.36. The highest BCUT2D eigenvalue weighted by molar-refractivity contribution is 5.95. The summed E-state index contributed by atoms with van der Waals surface area (Å²) in [6.07, 6.45) is 3.65. The van der Waals surface area contributed by atoms with Crippen LogP contribution in [-0.2, 0) is 6.42 Å². The second kappa shape index (κ2) is 10.5. The van der Waals surface area contributed by atoms with Crippen molar-refractivity contribution in [3.05, 3.63) is 59.8 Å². The first-order chi connectivity index (χ1) is 15.0. The smallest absolute Gasteiger partial charge is 0.319 e. The summed E-state index contributed by atoms with van der Waals surface area (Å²) in [7, 11) is 0. The van der Waals surface area contributed by atoms with Crippen LogP contribution in [0.3, 0.4) is 0 Å². The van der Waals surface area contributed by atoms with Crippen LogP contribution in [0.2, 0.25) is 0 Å². The molecule has 3 aromatic rings. The molecule has 31 heavy (non-hydrogen) atoms. The number of rotatable bonds is 9. The zero-order valence-corrected chi connectivity index (χ0v) is 18.2. The molecule has 1 heterocycles. The molecule has 4 N–H and O–H groups in total. The summed E-state index contributed by atoms with van der Waals surface area (Å²) in [4.78, 5) is 27.5. The number of hydrogen-bond acceptors (Lipinski definition) is 3. The van der Waals surface area contributed by atoms with Crippen LogP contribution in [0.4, 0.5) is 10.5 Å². The lowest BCUT2D eigenvalue weighted by Crippen LogP contribution is -2.34. The standard InChI is InChI=1S/C24H30N4O3/c1-4-13-31-20-9-10-22-21(14-20)18(15-26-22)11-12-25-23(29)17-5-7-19(8-6-17)28-24(30)27-16(2)3/h5-10,14-16,26H,4,11-13H2,1-3H3,(H,25,29)(H2,27,28,30). The lowest BCUT2D eigenvalue weighted by Gasteiger charge is -2.10. The van der Waals surface area contributed by atoms with E-state index in [0.717, 1.165) is 28.6 Å². The van der Waals surface area contributed by atoms with E-state index >= 15 is 0 Å². The van der Waals surface area contributed by atoms with Crippen molar-refractivity contribution in [1.82, 2.24) is 15.6 Å². The van der Waals surface area contributed by atoms with Gasteiger partial charge in [-0.25, -0.2) is 4.79 Å². The monoisotopic (exact) mass is 422 g/mol. The fraction of sp³-hybridized carbons (Fsp3) is 0.333. The summed E-state index contributed by atoms with van der Waals surface area (Å²) in [6.45, 7) is 7.07. The average molecular weight is 423 g/mol. The average Bonchev–Trinajstić information content (AvgIpc) is 3.14. The van der Waals surface area contributed by atoms with Gasteiger partial charge in [0, 0.05) is 40.9 Å². The fourth-order valence-electron chi connectivity index (χ4n) is 3.22. The Morgan fingerprint density at radius 2 is 1.87 bits per heavy atom. The molecule has 0 radical (unpaired) electrons. The van der Waals surface area contributed by atoms with Gasteiger partial charge < -0.3 is 25.7 Å². The van der Waals surface area contributed by atoms with Gasteiger partial charge in [0.05, 0.1) is 6.61 Å². The second-order valence-electron chi connectivity index (χ2n) is 7.71. The molecule has 0 saturated heterocycles. The Bertz CT molecular complexity index is 1020. The van der Waals surface area contributed by atoms with Gasteiger partial charge in [0.1, 0.15) is 5.75 Å². The number of benzene rings is 2. The predicted molar refractivity (Wildman–Crippen MR) is 124 cm³/mol. The molecule has 0 aliphatic heterocycles. The van der Waals surface area contributed by atoms with Crippen LogP contribution in [0.15, 0.2) is 48.7 Å². The van der Waals surface area contributed by atoms with Gasteiger partial charge in [0.2, 0.25) is 0 Å². The SMILES string of the molecule is CCCOc1ccc2[nH]cc(CCNC(=O)c3ccc(NC(=O)NC(C)C)cc3)c2c1. The molecule has 2 aromatic carbocycles. The third kappa shape index (κ3) is 6.25. The Hall–Kier alpha value is -3.48. The van der Waals surface area contributed by atoms with Crippen molar-refractivity contribution in [2.45, 2.75) is 39.7 Å². The van der Waals surface area contributed by atoms with Gasteiger partial charge >= 0.3 is 6.03 Å². The van der Waals surface area contributed by atoms with E-state index in [4.69, 9.17) is 4.74 Å². The maximum absolute atomic E-state index is 12.4. The van der Waals surface area contributed by atoms with Gasteiger partial charge in [0.25, 0.3) is 5.91 Å². The molecule has 3 rings (SSSR count). The summed E-state index contributed by atoms with van der Waals surface area (Å²) in [6, 6.07) is 12.6. The van der Waals surface area contributed by atoms with Crippen LogP contribution in [0.25, 0.3) is 10.9 Å². The van der Waals surface area contributed by atoms with Crippen molar-refractivity contribution in [3.63, 3.8) is 0 Å². The van der Waals surface area contributed by atoms with Crippen molar-refractivity contribution in [2.24, 2.45) is 0 Å². The van der Waals surface area contributed by atoms with E-state index in [1.165, 1.54) is 0 Å². The van der Waals surface area contributed by atoms with Gasteiger partial charge in [-0.05, 0) is 74.7 Å². The van der Waals surface area contributed by atoms with Crippen molar-refractivity contribution in [3.8, 4) is 5.75 Å². The minimum absolute atomic E-state index is 0.0534. The van der Waals surface area contributed by atoms with Crippen molar-refractivity contribution < 1.29 is 14.3 Å². The number of carbonyl (C=O) groups excluding carboxylic acids is 2. The molecule has 0 fully saturated rings. The van der Waals surface area contributed by atoms with Gasteiger partial charge in [-0.2, -0.15) is 0 Å². The molecule has 164 valence electrons. The molecule has 0 spiro atoms. The zero-order valence-electron chi connectivity index (χ0n) is 18.2. The maximum Gasteiger partial charge on any atom is 0.319 e. The highest BCUT2D eigenvalue weighted by Crippen LogP contribution is 2.24. The number of nitrogens with one attached hydrogen (secondary N) is 4. The highest BCUT2D eigenvalue weighted by Gasteiger charge is 2.09. The largest absolute Gasteiger partial charge is 0.494 e. The summed E-state index contributed by atoms with van der Waals surface area (Å²) in [5.74, 6) is 0.708. The molecule has 0 bridgehead atoms. The number of ether oxygens (including phenoxy) is 1. The molecule has 1 aromatic heterocycles. The van der Waals surface area contributed by atoms with E-state index in [0.29, 0.717) is 30.8 Å². The van der Waals surface area contributed by atoms with E-state index in [1.807, 2.05) is 38.2 Å². The predicted octanol–water partition coefficient (Wildman–Crippen LogP) is 4.46. The van der Waals surface area contributed by atoms with Crippen LogP contribution in [-0.4, -0.2) is 36.1 Å². The molecule has 3 amide bonds. The Kier molecular flexibility index (Phi) is 7.54. The number of hydrogen-bond donors (Lipinski definition) is 4. The zero-order chi connectivity index (χ0) is 22.2. The van der Waals surface area contributed by atoms with Crippen LogP contribution in [0.1, 0.15) is 43.1 Å². The Labute approximate surface area is 182 Å². The molecule has 0 aliphatic rings. The summed E-state index contributed by atoms with van der Waals surface area (Å²) >= 11 is 0. The quantitative estimate of drug-likeness (QED) is 0.410. The van der Waals surface area contributed by atoms with Gasteiger partial charge in [-0.15, -0.1) is 0 Å². The highest BCUT2D eigenvalue weighted by atomic mass is 16.5. The van der Waals surface area contributed by atoms with E-state index in [2.05, 4.69) is 27.9 Å². The normalized spacial score (nSPS) is 10.8. The third-order valence-electron chi connectivity index (χ3n) is 4.72. The minimum Gasteiger partial charge on any atom is -0.494 e. The van der Waals surface area contributed by atoms with Gasteiger partial charge in [-0.1, -0.05) is 6.92 Å². The Balaban J connectivity index is 1.53. The first-order valence-corrected chi connectivity index (χ1v) is 10.6. The topological polar surface area (TPSA) is 95.2 Å². The Morgan fingerprint density at radius 1 is 1.10 bits per heavy atom. The molecule has 0 unspecified atom stereocenters. The van der Waals surface area contributed by atoms with Crippen LogP contribution in [0, 0.1) is 0 Å². The minimum atomic E-state index is -0.269. The van der Waals surface area contributed by atoms with Gasteiger partial charge in [-0.3, -0.25) is 4.79 Å². The number of H-pyrrole nitrogens is 1. The number of carbonyl (C=O) groups is 2. The number of amides is 3. The van der Waals surface area contributed by atoms with E-state index < -0.39 is 0 Å². The van der Waals surface area contributed by atoms with Crippen LogP contribution < -0.4 is 20.7 Å². The third-order valence-corrected chi connectivity index (χ3v) is 4.72. The first-order valence-electron chi connectivity index (χ1n) is 10.6. The van der Waals surface area contributed by atoms with Gasteiger partial charge in [0.15, 0.2) is 0 Å². The number of fused-ring (bicyclic) bond motifs is 1. The van der Waals surface area contributed by atoms with Crippen LogP contribution in [0.5, 0.6) is 5.75 Å². The van der Waals surface area contributed by atoms with Crippen LogP contribution >= 0.6 is 0 Å².